The van der Waals surface area contributed by atoms with Gasteiger partial charge < -0.3 is 4.31 Å². The van der Waals surface area contributed by atoms with Gasteiger partial charge in [-0.3, -0.25) is 7.58 Å². The highest BCUT2D eigenvalue weighted by Crippen LogP contribution is 2.21. The number of hydrogen-bond donors (Lipinski definition) is 1. The number of carbonyl (C=O) groups excluding carboxylic acids is 1. The number of imidazole rings is 1. The minimum absolute atomic E-state index is 0.128. The number of hydrogen-bond acceptors (Lipinski definition) is 4. The lowest BCUT2D eigenvalue weighted by molar-refractivity contribution is 0.104. The molecule has 0 amide bonds. The van der Waals surface area contributed by atoms with Crippen LogP contribution in [0.5, 0.6) is 0 Å². The second kappa shape index (κ2) is 9.48. The van der Waals surface area contributed by atoms with Gasteiger partial charge in [0.15, 0.2) is 5.78 Å². The minimum Gasteiger partial charge on any atom is -0.311 e. The molecule has 0 spiro atoms. The van der Waals surface area contributed by atoms with Crippen molar-refractivity contribution in [2.75, 3.05) is 4.31 Å². The Bertz CT molecular complexity index is 1260. The number of fused-ring (bicyclic) bond motifs is 1. The number of rotatable bonds is 6. The molecule has 154 valence electrons. The number of aromatic nitrogens is 2. The quantitative estimate of drug-likeness (QED) is 0.170. The fourth-order valence-electron chi connectivity index (χ4n) is 3.43. The Morgan fingerprint density at radius 2 is 1.77 bits per heavy atom. The van der Waals surface area contributed by atoms with Gasteiger partial charge in [-0.25, -0.2) is 4.98 Å². The lowest BCUT2D eigenvalue weighted by Crippen LogP contribution is -2.28. The fourth-order valence-corrected chi connectivity index (χ4v) is 4.39. The van der Waals surface area contributed by atoms with Crippen LogP contribution in [0.3, 0.4) is 0 Å². The van der Waals surface area contributed by atoms with E-state index in [1.54, 1.807) is 12.1 Å². The predicted octanol–water partition coefficient (Wildman–Crippen LogP) is 3.99. The molecule has 0 aliphatic heterocycles. The highest BCUT2D eigenvalue weighted by atomic mass is 127. The highest BCUT2D eigenvalue weighted by Gasteiger charge is 2.12. The van der Waals surface area contributed by atoms with Gasteiger partial charge in [-0.15, -0.1) is 0 Å². The largest absolute Gasteiger partial charge is 0.311 e. The predicted molar refractivity (Wildman–Crippen MR) is 140 cm³/mol. The van der Waals surface area contributed by atoms with Gasteiger partial charge in [0.25, 0.3) is 0 Å². The van der Waals surface area contributed by atoms with Crippen molar-refractivity contribution in [2.24, 2.45) is 0 Å². The molecule has 4 rings (SSSR count). The van der Waals surface area contributed by atoms with E-state index >= 15 is 0 Å². The third-order valence-electron chi connectivity index (χ3n) is 5.20. The summed E-state index contributed by atoms with van der Waals surface area (Å²) in [6.07, 6.45) is 7.94. The van der Waals surface area contributed by atoms with E-state index in [-0.39, 0.29) is 5.78 Å². The first-order valence-electron chi connectivity index (χ1n) is 10.0. The molecule has 7 heteroatoms. The summed E-state index contributed by atoms with van der Waals surface area (Å²) in [6, 6.07) is 15.1. The molecular weight excluding hydrogens is 516 g/mol. The summed E-state index contributed by atoms with van der Waals surface area (Å²) in [5, 5.41) is 2.19. The van der Waals surface area contributed by atoms with E-state index in [4.69, 9.17) is 12.8 Å². The number of carbonyl (C=O) groups is 1. The number of benzene rings is 2. The number of halogens is 1. The van der Waals surface area contributed by atoms with Crippen LogP contribution in [0.1, 0.15) is 40.2 Å². The summed E-state index contributed by atoms with van der Waals surface area (Å²) in [7, 11) is 6.11. The normalized spacial score (nSPS) is 13.2. The first-order valence-corrected chi connectivity index (χ1v) is 11.4. The second-order valence-electron chi connectivity index (χ2n) is 7.50. The topological polar surface area (TPSA) is 38.1 Å². The molecule has 1 aromatic heterocycles. The number of allylic oxidation sites excluding steroid dienone is 1. The standard InChI is InChI=1S/C24H21BIN3OS/c1-16-6-8-17(9-7-16)20(25)14-23(30)18-10-12-19(13-11-18)28(31)15-24-27-21-4-2-3-5-22(21)29(24)26/h4-14,31H,2-3,15H2,1H3/b20-14-. The van der Waals surface area contributed by atoms with Gasteiger partial charge in [0.2, 0.25) is 0 Å². The van der Waals surface area contributed by atoms with Crippen molar-refractivity contribution >= 4 is 72.6 Å². The van der Waals surface area contributed by atoms with Crippen molar-refractivity contribution < 1.29 is 4.79 Å². The van der Waals surface area contributed by atoms with Gasteiger partial charge >= 0.3 is 0 Å². The van der Waals surface area contributed by atoms with Crippen LogP contribution in [0.4, 0.5) is 5.69 Å². The van der Waals surface area contributed by atoms with Crippen molar-refractivity contribution in [1.82, 2.24) is 7.76 Å². The molecule has 2 radical (unpaired) electrons. The molecule has 1 aliphatic rings. The zero-order chi connectivity index (χ0) is 22.0. The van der Waals surface area contributed by atoms with Crippen molar-refractivity contribution in [3.05, 3.63) is 87.8 Å². The molecule has 0 saturated carbocycles. The molecule has 0 N–H and O–H groups in total. The zero-order valence-corrected chi connectivity index (χ0v) is 20.2. The molecular formula is C24H21BIN3OS. The molecule has 31 heavy (non-hydrogen) atoms. The van der Waals surface area contributed by atoms with Gasteiger partial charge in [-0.05, 0) is 55.7 Å². The maximum absolute atomic E-state index is 12.6. The van der Waals surface area contributed by atoms with Gasteiger partial charge in [0.05, 0.1) is 40.1 Å². The molecule has 4 nitrogen and oxygen atoms in total. The summed E-state index contributed by atoms with van der Waals surface area (Å²) in [4.78, 5) is 17.3. The number of anilines is 1. The molecule has 0 saturated heterocycles. The van der Waals surface area contributed by atoms with Gasteiger partial charge in [0, 0.05) is 11.3 Å². The Morgan fingerprint density at radius 1 is 1.13 bits per heavy atom. The summed E-state index contributed by atoms with van der Waals surface area (Å²) in [5.74, 6) is 0.806. The Hall–Kier alpha value is -2.26. The fraction of sp³-hybridized carbons (Fsp3) is 0.167. The lowest BCUT2D eigenvalue weighted by Gasteiger charge is -2.17. The monoisotopic (exact) mass is 537 g/mol. The van der Waals surface area contributed by atoms with Crippen LogP contribution >= 0.6 is 35.7 Å². The first-order chi connectivity index (χ1) is 14.9. The van der Waals surface area contributed by atoms with Crippen molar-refractivity contribution in [2.45, 2.75) is 26.3 Å². The van der Waals surface area contributed by atoms with E-state index in [2.05, 4.69) is 50.6 Å². The lowest BCUT2D eigenvalue weighted by atomic mass is 9.86. The van der Waals surface area contributed by atoms with Crippen molar-refractivity contribution in [3.63, 3.8) is 0 Å². The molecule has 3 aromatic rings. The van der Waals surface area contributed by atoms with E-state index in [0.29, 0.717) is 17.6 Å². The van der Waals surface area contributed by atoms with Crippen molar-refractivity contribution in [3.8, 4) is 0 Å². The van der Waals surface area contributed by atoms with Crippen LogP contribution in [-0.2, 0) is 6.54 Å². The number of ketones is 1. The summed E-state index contributed by atoms with van der Waals surface area (Å²) in [5.41, 5.74) is 3.91. The summed E-state index contributed by atoms with van der Waals surface area (Å²) < 4.78 is 3.91. The van der Waals surface area contributed by atoms with E-state index in [1.807, 2.05) is 47.6 Å². The molecule has 0 unspecified atom stereocenters. The average molecular weight is 537 g/mol. The highest BCUT2D eigenvalue weighted by molar-refractivity contribution is 14.1. The van der Waals surface area contributed by atoms with Crippen LogP contribution in [0.25, 0.3) is 17.6 Å². The van der Waals surface area contributed by atoms with Gasteiger partial charge in [0.1, 0.15) is 13.7 Å². The smallest absolute Gasteiger partial charge is 0.185 e. The van der Waals surface area contributed by atoms with Crippen LogP contribution in [0.2, 0.25) is 0 Å². The Labute approximate surface area is 202 Å². The minimum atomic E-state index is -0.128. The maximum atomic E-state index is 12.6. The molecule has 1 heterocycles. The average Bonchev–Trinajstić information content (AvgIpc) is 3.09. The van der Waals surface area contributed by atoms with Crippen LogP contribution in [0, 0.1) is 6.92 Å². The van der Waals surface area contributed by atoms with E-state index < -0.39 is 0 Å². The van der Waals surface area contributed by atoms with E-state index in [9.17, 15) is 4.79 Å². The second-order valence-corrected chi connectivity index (χ2v) is 8.95. The number of nitrogens with zero attached hydrogens (tertiary/aromatic N) is 3. The maximum Gasteiger partial charge on any atom is 0.185 e. The Morgan fingerprint density at radius 3 is 2.45 bits per heavy atom. The zero-order valence-electron chi connectivity index (χ0n) is 17.1. The third-order valence-corrected chi connectivity index (χ3v) is 6.65. The molecule has 0 bridgehead atoms. The van der Waals surface area contributed by atoms with Crippen molar-refractivity contribution in [1.29, 1.82) is 0 Å². The summed E-state index contributed by atoms with van der Waals surface area (Å²) in [6.45, 7) is 2.56. The molecule has 0 atom stereocenters. The van der Waals surface area contributed by atoms with Crippen LogP contribution < -0.4 is 15.0 Å². The van der Waals surface area contributed by atoms with E-state index in [0.717, 1.165) is 46.2 Å². The third kappa shape index (κ3) is 4.98. The van der Waals surface area contributed by atoms with Gasteiger partial charge in [-0.2, -0.15) is 0 Å². The number of thiol groups is 1. The Balaban J connectivity index is 1.48. The van der Waals surface area contributed by atoms with E-state index in [1.165, 1.54) is 6.08 Å². The van der Waals surface area contributed by atoms with Crippen LogP contribution in [-0.4, -0.2) is 21.4 Å². The Kier molecular flexibility index (Phi) is 6.72. The summed E-state index contributed by atoms with van der Waals surface area (Å²) >= 11 is 6.92. The molecule has 2 aromatic carbocycles. The van der Waals surface area contributed by atoms with Gasteiger partial charge in [-0.1, -0.05) is 60.3 Å². The first kappa shape index (κ1) is 22.0. The molecule has 0 fully saturated rings. The number of aryl methyl sites for hydroxylation is 1. The SMILES string of the molecule is [B]/C(=C\C(=O)c1ccc(N(S)Cc2nc3c(n2I)=CCCC=3)cc1)c1ccc(C)cc1. The van der Waals surface area contributed by atoms with Crippen LogP contribution in [0.15, 0.2) is 54.6 Å². The molecule has 1 aliphatic carbocycles.